The Hall–Kier alpha value is -0.480. The molecule has 12 heavy (non-hydrogen) atoms. The Kier molecular flexibility index (Phi) is 3.17. The van der Waals surface area contributed by atoms with Crippen molar-refractivity contribution in [3.05, 3.63) is 12.4 Å². The van der Waals surface area contributed by atoms with Gasteiger partial charge >= 0.3 is 0 Å². The van der Waals surface area contributed by atoms with Crippen molar-refractivity contribution in [2.24, 2.45) is 0 Å². The van der Waals surface area contributed by atoms with Crippen LogP contribution in [0.5, 0.6) is 0 Å². The van der Waals surface area contributed by atoms with E-state index in [0.29, 0.717) is 0 Å². The molecule has 68 valence electrons. The molecule has 0 saturated heterocycles. The molecule has 1 aromatic rings. The number of hydrogen-bond acceptors (Lipinski definition) is 3. The van der Waals surface area contributed by atoms with Gasteiger partial charge in [-0.25, -0.2) is 4.98 Å². The van der Waals surface area contributed by atoms with Crippen molar-refractivity contribution in [3.8, 4) is 0 Å². The molecule has 3 nitrogen and oxygen atoms in total. The van der Waals surface area contributed by atoms with E-state index in [1.807, 2.05) is 13.8 Å². The van der Waals surface area contributed by atoms with Gasteiger partial charge in [-0.2, -0.15) is 0 Å². The third-order valence-corrected chi connectivity index (χ3v) is 2.33. The summed E-state index contributed by atoms with van der Waals surface area (Å²) in [6.07, 6.45) is 4.30. The van der Waals surface area contributed by atoms with Crippen molar-refractivity contribution >= 4 is 11.8 Å². The summed E-state index contributed by atoms with van der Waals surface area (Å²) in [5.74, 6) is 0.886. The molecule has 4 heteroatoms. The van der Waals surface area contributed by atoms with Crippen LogP contribution >= 0.6 is 11.8 Å². The van der Waals surface area contributed by atoms with Crippen molar-refractivity contribution in [2.75, 3.05) is 5.75 Å². The van der Waals surface area contributed by atoms with Crippen LogP contribution in [0.4, 0.5) is 0 Å². The lowest BCUT2D eigenvalue weighted by Crippen LogP contribution is -2.19. The fourth-order valence-electron chi connectivity index (χ4n) is 0.727. The van der Waals surface area contributed by atoms with Crippen LogP contribution in [-0.2, 0) is 0 Å². The molecule has 1 rings (SSSR count). The van der Waals surface area contributed by atoms with E-state index >= 15 is 0 Å². The third-order valence-electron chi connectivity index (χ3n) is 1.43. The zero-order valence-electron chi connectivity index (χ0n) is 7.37. The van der Waals surface area contributed by atoms with Gasteiger partial charge in [-0.15, -0.1) is 0 Å². The lowest BCUT2D eigenvalue weighted by molar-refractivity contribution is 0.0777. The number of H-pyrrole nitrogens is 1. The van der Waals surface area contributed by atoms with Crippen LogP contribution in [-0.4, -0.2) is 26.4 Å². The molecule has 0 unspecified atom stereocenters. The Morgan fingerprint density at radius 2 is 2.42 bits per heavy atom. The molecule has 0 aliphatic heterocycles. The lowest BCUT2D eigenvalue weighted by Gasteiger charge is -2.15. The minimum atomic E-state index is -0.570. The molecular formula is C8H14N2OS. The number of nitrogens with one attached hydrogen (secondary N) is 1. The quantitative estimate of drug-likeness (QED) is 0.703. The van der Waals surface area contributed by atoms with Crippen molar-refractivity contribution in [3.63, 3.8) is 0 Å². The van der Waals surface area contributed by atoms with E-state index in [2.05, 4.69) is 9.97 Å². The van der Waals surface area contributed by atoms with E-state index in [1.165, 1.54) is 0 Å². The molecule has 0 aliphatic carbocycles. The Balaban J connectivity index is 2.20. The predicted octanol–water partition coefficient (Wildman–Crippen LogP) is 1.66. The van der Waals surface area contributed by atoms with E-state index in [1.54, 1.807) is 24.2 Å². The summed E-state index contributed by atoms with van der Waals surface area (Å²) in [6.45, 7) is 3.63. The second-order valence-electron chi connectivity index (χ2n) is 3.31. The van der Waals surface area contributed by atoms with E-state index in [0.717, 1.165) is 17.3 Å². The topological polar surface area (TPSA) is 48.9 Å². The molecular weight excluding hydrogens is 172 g/mol. The van der Waals surface area contributed by atoms with Crippen molar-refractivity contribution in [2.45, 2.75) is 31.0 Å². The van der Waals surface area contributed by atoms with E-state index in [-0.39, 0.29) is 0 Å². The summed E-state index contributed by atoms with van der Waals surface area (Å²) in [7, 11) is 0. The number of aromatic amines is 1. The predicted molar refractivity (Wildman–Crippen MR) is 50.2 cm³/mol. The Labute approximate surface area is 76.6 Å². The van der Waals surface area contributed by atoms with E-state index in [9.17, 15) is 5.11 Å². The summed E-state index contributed by atoms with van der Waals surface area (Å²) >= 11 is 1.63. The summed E-state index contributed by atoms with van der Waals surface area (Å²) in [4.78, 5) is 7.06. The Morgan fingerprint density at radius 1 is 1.67 bits per heavy atom. The normalized spacial score (nSPS) is 11.9. The highest BCUT2D eigenvalue weighted by Crippen LogP contribution is 2.17. The minimum absolute atomic E-state index is 0.570. The number of rotatable bonds is 4. The number of aromatic nitrogens is 2. The highest BCUT2D eigenvalue weighted by Gasteiger charge is 2.11. The fourth-order valence-corrected chi connectivity index (χ4v) is 1.81. The van der Waals surface area contributed by atoms with Crippen molar-refractivity contribution in [1.82, 2.24) is 9.97 Å². The van der Waals surface area contributed by atoms with Crippen LogP contribution in [0.3, 0.4) is 0 Å². The van der Waals surface area contributed by atoms with Crippen LogP contribution in [0.2, 0.25) is 0 Å². The van der Waals surface area contributed by atoms with Gasteiger partial charge in [0.25, 0.3) is 0 Å². The van der Waals surface area contributed by atoms with Gasteiger partial charge in [0, 0.05) is 18.1 Å². The Morgan fingerprint density at radius 3 is 2.92 bits per heavy atom. The first kappa shape index (κ1) is 9.61. The summed E-state index contributed by atoms with van der Waals surface area (Å²) in [5.41, 5.74) is -0.570. The van der Waals surface area contributed by atoms with Crippen LogP contribution in [0.25, 0.3) is 0 Å². The molecule has 0 radical (unpaired) electrons. The smallest absolute Gasteiger partial charge is 0.165 e. The summed E-state index contributed by atoms with van der Waals surface area (Å²) in [5, 5.41) is 10.3. The molecule has 0 saturated carbocycles. The number of imidazole rings is 1. The Bertz CT molecular complexity index is 215. The van der Waals surface area contributed by atoms with Crippen molar-refractivity contribution in [1.29, 1.82) is 0 Å². The molecule has 0 amide bonds. The first-order valence-corrected chi connectivity index (χ1v) is 4.91. The van der Waals surface area contributed by atoms with E-state index in [4.69, 9.17) is 0 Å². The monoisotopic (exact) mass is 186 g/mol. The number of nitrogens with zero attached hydrogens (tertiary/aromatic N) is 1. The molecule has 0 fully saturated rings. The first-order chi connectivity index (χ1) is 5.58. The van der Waals surface area contributed by atoms with Gasteiger partial charge in [0.2, 0.25) is 0 Å². The van der Waals surface area contributed by atoms with Gasteiger partial charge in [-0.1, -0.05) is 11.8 Å². The molecule has 0 spiro atoms. The number of thioether (sulfide) groups is 1. The fraction of sp³-hybridized carbons (Fsp3) is 0.625. The van der Waals surface area contributed by atoms with E-state index < -0.39 is 5.60 Å². The molecule has 0 aliphatic rings. The average Bonchev–Trinajstić information content (AvgIpc) is 2.36. The second kappa shape index (κ2) is 3.96. The highest BCUT2D eigenvalue weighted by atomic mass is 32.2. The van der Waals surface area contributed by atoms with Gasteiger partial charge in [-0.3, -0.25) is 0 Å². The summed E-state index contributed by atoms with van der Waals surface area (Å²) in [6, 6.07) is 0. The van der Waals surface area contributed by atoms with Gasteiger partial charge in [0.1, 0.15) is 0 Å². The van der Waals surface area contributed by atoms with Gasteiger partial charge in [0.15, 0.2) is 5.16 Å². The van der Waals surface area contributed by atoms with Crippen LogP contribution < -0.4 is 0 Å². The maximum Gasteiger partial charge on any atom is 0.165 e. The number of hydrogen-bond donors (Lipinski definition) is 2. The summed E-state index contributed by atoms with van der Waals surface area (Å²) < 4.78 is 0. The maximum absolute atomic E-state index is 9.40. The largest absolute Gasteiger partial charge is 0.390 e. The minimum Gasteiger partial charge on any atom is -0.390 e. The standard InChI is InChI=1S/C8H14N2OS/c1-8(2,11)3-6-12-7-9-4-5-10-7/h4-5,11H,3,6H2,1-2H3,(H,9,10). The lowest BCUT2D eigenvalue weighted by atomic mass is 10.1. The zero-order valence-corrected chi connectivity index (χ0v) is 8.19. The SMILES string of the molecule is CC(C)(O)CCSc1ncc[nH]1. The zero-order chi connectivity index (χ0) is 9.03. The van der Waals surface area contributed by atoms with Gasteiger partial charge in [-0.05, 0) is 20.3 Å². The average molecular weight is 186 g/mol. The highest BCUT2D eigenvalue weighted by molar-refractivity contribution is 7.99. The molecule has 0 bridgehead atoms. The molecule has 0 atom stereocenters. The van der Waals surface area contributed by atoms with Crippen LogP contribution in [0, 0.1) is 0 Å². The van der Waals surface area contributed by atoms with Crippen LogP contribution in [0.15, 0.2) is 17.6 Å². The van der Waals surface area contributed by atoms with Crippen molar-refractivity contribution < 1.29 is 5.11 Å². The second-order valence-corrected chi connectivity index (χ2v) is 4.39. The molecule has 1 heterocycles. The maximum atomic E-state index is 9.40. The van der Waals surface area contributed by atoms with Gasteiger partial charge < -0.3 is 10.1 Å². The first-order valence-electron chi connectivity index (χ1n) is 3.92. The third kappa shape index (κ3) is 3.78. The van der Waals surface area contributed by atoms with Gasteiger partial charge in [0.05, 0.1) is 5.60 Å². The molecule has 2 N–H and O–H groups in total. The number of aliphatic hydroxyl groups is 1. The molecule has 0 aromatic carbocycles. The molecule has 1 aromatic heterocycles. The van der Waals surface area contributed by atoms with Crippen LogP contribution in [0.1, 0.15) is 20.3 Å².